The maximum Gasteiger partial charge on any atom is 0.162 e. The summed E-state index contributed by atoms with van der Waals surface area (Å²) in [6, 6.07) is 5.57. The van der Waals surface area contributed by atoms with Gasteiger partial charge in [-0.1, -0.05) is 6.07 Å². The smallest absolute Gasteiger partial charge is 0.162 e. The van der Waals surface area contributed by atoms with Gasteiger partial charge in [0.1, 0.15) is 5.82 Å². The lowest BCUT2D eigenvalue weighted by atomic mass is 10.4. The van der Waals surface area contributed by atoms with Crippen LogP contribution in [0.15, 0.2) is 18.2 Å². The van der Waals surface area contributed by atoms with E-state index < -0.39 is 0 Å². The molecular weight excluding hydrogens is 166 g/mol. The van der Waals surface area contributed by atoms with E-state index in [0.717, 1.165) is 11.5 Å². The fourth-order valence-corrected chi connectivity index (χ4v) is 1.30. The molecule has 0 radical (unpaired) electrons. The number of nitrogen functional groups attached to an aromatic ring is 1. The van der Waals surface area contributed by atoms with Gasteiger partial charge in [0.25, 0.3) is 0 Å². The molecule has 0 atom stereocenters. The Morgan fingerprint density at radius 1 is 1.46 bits per heavy atom. The minimum absolute atomic E-state index is 0.660. The van der Waals surface area contributed by atoms with Crippen molar-refractivity contribution in [3.8, 4) is 0 Å². The molecule has 0 saturated carbocycles. The topological polar surface area (TPSA) is 68.2 Å². The molecule has 2 aromatic heterocycles. The summed E-state index contributed by atoms with van der Waals surface area (Å²) in [5.41, 5.74) is 6.57. The second kappa shape index (κ2) is 3.02. The molecule has 5 nitrogen and oxygen atoms in total. The zero-order valence-corrected chi connectivity index (χ0v) is 7.36. The van der Waals surface area contributed by atoms with Gasteiger partial charge in [-0.2, -0.15) is 0 Å². The van der Waals surface area contributed by atoms with Crippen LogP contribution in [-0.4, -0.2) is 21.6 Å². The van der Waals surface area contributed by atoms with Crippen molar-refractivity contribution in [3.05, 3.63) is 24.0 Å². The van der Waals surface area contributed by atoms with Gasteiger partial charge < -0.3 is 11.1 Å². The second-order valence-electron chi connectivity index (χ2n) is 2.79. The normalized spacial score (nSPS) is 10.8. The lowest BCUT2D eigenvalue weighted by molar-refractivity contribution is 0.749. The van der Waals surface area contributed by atoms with Crippen LogP contribution in [-0.2, 0) is 6.54 Å². The van der Waals surface area contributed by atoms with E-state index in [1.807, 2.05) is 29.6 Å². The van der Waals surface area contributed by atoms with Crippen molar-refractivity contribution >= 4 is 11.5 Å². The molecule has 0 aromatic carbocycles. The first kappa shape index (κ1) is 8.00. The van der Waals surface area contributed by atoms with E-state index in [1.165, 1.54) is 0 Å². The molecular formula is C8H11N5. The molecule has 0 aliphatic carbocycles. The van der Waals surface area contributed by atoms with Crippen LogP contribution in [0.3, 0.4) is 0 Å². The van der Waals surface area contributed by atoms with E-state index in [1.54, 1.807) is 0 Å². The summed E-state index contributed by atoms with van der Waals surface area (Å²) in [4.78, 5) is 0. The Labute approximate surface area is 75.6 Å². The summed E-state index contributed by atoms with van der Waals surface area (Å²) >= 11 is 0. The summed E-state index contributed by atoms with van der Waals surface area (Å²) in [5.74, 6) is 1.49. The number of aromatic nitrogens is 3. The molecule has 2 heterocycles. The van der Waals surface area contributed by atoms with Crippen molar-refractivity contribution in [2.45, 2.75) is 6.54 Å². The van der Waals surface area contributed by atoms with Crippen LogP contribution in [0.5, 0.6) is 0 Å². The molecule has 13 heavy (non-hydrogen) atoms. The second-order valence-corrected chi connectivity index (χ2v) is 2.79. The number of nitrogens with one attached hydrogen (secondary N) is 1. The highest BCUT2D eigenvalue weighted by molar-refractivity contribution is 5.47. The van der Waals surface area contributed by atoms with Crippen molar-refractivity contribution in [1.29, 1.82) is 0 Å². The first-order chi connectivity index (χ1) is 6.33. The fourth-order valence-electron chi connectivity index (χ4n) is 1.30. The summed E-state index contributed by atoms with van der Waals surface area (Å²) < 4.78 is 1.83. The van der Waals surface area contributed by atoms with Gasteiger partial charge >= 0.3 is 0 Å². The number of fused-ring (bicyclic) bond motifs is 1. The molecule has 2 rings (SSSR count). The van der Waals surface area contributed by atoms with Crippen molar-refractivity contribution in [2.24, 2.45) is 0 Å². The molecule has 0 bridgehead atoms. The Morgan fingerprint density at radius 3 is 3.08 bits per heavy atom. The maximum absolute atomic E-state index is 5.79. The van der Waals surface area contributed by atoms with Gasteiger partial charge in [0.2, 0.25) is 0 Å². The van der Waals surface area contributed by atoms with Crippen LogP contribution in [0.4, 0.5) is 5.82 Å². The molecule has 0 spiro atoms. The number of nitrogens with two attached hydrogens (primary N) is 1. The van der Waals surface area contributed by atoms with Gasteiger partial charge in [-0.3, -0.25) is 4.40 Å². The van der Waals surface area contributed by atoms with Crippen molar-refractivity contribution in [1.82, 2.24) is 19.9 Å². The SMILES string of the molecule is CNCc1nnc2cccc(N)n12. The molecule has 0 fully saturated rings. The molecule has 0 aliphatic rings. The first-order valence-corrected chi connectivity index (χ1v) is 4.06. The Morgan fingerprint density at radius 2 is 2.31 bits per heavy atom. The van der Waals surface area contributed by atoms with E-state index in [9.17, 15) is 0 Å². The largest absolute Gasteiger partial charge is 0.385 e. The van der Waals surface area contributed by atoms with E-state index in [-0.39, 0.29) is 0 Å². The summed E-state index contributed by atoms with van der Waals surface area (Å²) in [7, 11) is 1.86. The van der Waals surface area contributed by atoms with Gasteiger partial charge in [-0.25, -0.2) is 0 Å². The van der Waals surface area contributed by atoms with Gasteiger partial charge in [0.05, 0.1) is 6.54 Å². The zero-order chi connectivity index (χ0) is 9.26. The third-order valence-corrected chi connectivity index (χ3v) is 1.86. The number of hydrogen-bond acceptors (Lipinski definition) is 4. The Kier molecular flexibility index (Phi) is 1.86. The molecule has 2 aromatic rings. The third kappa shape index (κ3) is 1.23. The quantitative estimate of drug-likeness (QED) is 0.679. The van der Waals surface area contributed by atoms with E-state index >= 15 is 0 Å². The van der Waals surface area contributed by atoms with Crippen molar-refractivity contribution < 1.29 is 0 Å². The summed E-state index contributed by atoms with van der Waals surface area (Å²) in [6.07, 6.45) is 0. The number of anilines is 1. The highest BCUT2D eigenvalue weighted by Gasteiger charge is 2.05. The molecule has 0 aliphatic heterocycles. The Bertz CT molecular complexity index is 419. The molecule has 3 N–H and O–H groups in total. The number of hydrogen-bond donors (Lipinski definition) is 2. The molecule has 0 unspecified atom stereocenters. The van der Waals surface area contributed by atoms with Gasteiger partial charge in [-0.05, 0) is 19.2 Å². The molecule has 5 heteroatoms. The van der Waals surface area contributed by atoms with E-state index in [2.05, 4.69) is 15.5 Å². The van der Waals surface area contributed by atoms with Crippen LogP contribution in [0.2, 0.25) is 0 Å². The van der Waals surface area contributed by atoms with Gasteiger partial charge in [-0.15, -0.1) is 10.2 Å². The van der Waals surface area contributed by atoms with Crippen LogP contribution in [0, 0.1) is 0 Å². The predicted molar refractivity (Wildman–Crippen MR) is 50.2 cm³/mol. The van der Waals surface area contributed by atoms with E-state index in [0.29, 0.717) is 12.4 Å². The van der Waals surface area contributed by atoms with Crippen LogP contribution >= 0.6 is 0 Å². The summed E-state index contributed by atoms with van der Waals surface area (Å²) in [5, 5.41) is 11.0. The summed E-state index contributed by atoms with van der Waals surface area (Å²) in [6.45, 7) is 0.662. The maximum atomic E-state index is 5.79. The van der Waals surface area contributed by atoms with Crippen molar-refractivity contribution in [2.75, 3.05) is 12.8 Å². The van der Waals surface area contributed by atoms with Gasteiger partial charge in [0.15, 0.2) is 11.5 Å². The molecule has 0 saturated heterocycles. The fraction of sp³-hybridized carbons (Fsp3) is 0.250. The number of rotatable bonds is 2. The van der Waals surface area contributed by atoms with Crippen LogP contribution in [0.1, 0.15) is 5.82 Å². The van der Waals surface area contributed by atoms with Crippen molar-refractivity contribution in [3.63, 3.8) is 0 Å². The lowest BCUT2D eigenvalue weighted by Crippen LogP contribution is -2.10. The average Bonchev–Trinajstić information content (AvgIpc) is 2.51. The highest BCUT2D eigenvalue weighted by Crippen LogP contribution is 2.09. The van der Waals surface area contributed by atoms with Gasteiger partial charge in [0, 0.05) is 0 Å². The lowest BCUT2D eigenvalue weighted by Gasteiger charge is -2.01. The standard InChI is InChI=1S/C8H11N5/c1-10-5-8-12-11-7-4-2-3-6(9)13(7)8/h2-4,10H,5,9H2,1H3. The third-order valence-electron chi connectivity index (χ3n) is 1.86. The highest BCUT2D eigenvalue weighted by atomic mass is 15.3. The Hall–Kier alpha value is -1.62. The average molecular weight is 177 g/mol. The minimum Gasteiger partial charge on any atom is -0.385 e. The van der Waals surface area contributed by atoms with E-state index in [4.69, 9.17) is 5.73 Å². The van der Waals surface area contributed by atoms with Crippen LogP contribution < -0.4 is 11.1 Å². The predicted octanol–water partition coefficient (Wildman–Crippen LogP) is 0.0309. The monoisotopic (exact) mass is 177 g/mol. The number of nitrogens with zero attached hydrogens (tertiary/aromatic N) is 3. The number of pyridine rings is 1. The molecule has 68 valence electrons. The molecule has 0 amide bonds. The van der Waals surface area contributed by atoms with Crippen LogP contribution in [0.25, 0.3) is 5.65 Å². The Balaban J connectivity index is 2.64. The minimum atomic E-state index is 0.660. The zero-order valence-electron chi connectivity index (χ0n) is 7.36. The first-order valence-electron chi connectivity index (χ1n) is 4.06.